The molecule has 2 atom stereocenters. The summed E-state index contributed by atoms with van der Waals surface area (Å²) in [6.45, 7) is 8.90. The first-order valence-corrected chi connectivity index (χ1v) is 6.68. The fraction of sp³-hybridized carbons (Fsp3) is 0.600. The molecule has 2 N–H and O–H groups in total. The fourth-order valence-corrected chi connectivity index (χ4v) is 2.94. The van der Waals surface area contributed by atoms with Gasteiger partial charge in [-0.1, -0.05) is 44.2 Å². The van der Waals surface area contributed by atoms with Crippen LogP contribution >= 0.6 is 12.4 Å². The minimum absolute atomic E-state index is 0. The molecule has 1 heterocycles. The zero-order valence-corrected chi connectivity index (χ0v) is 12.2. The number of hydrogen-bond donors (Lipinski definition) is 1. The van der Waals surface area contributed by atoms with Crippen molar-refractivity contribution in [2.24, 2.45) is 17.6 Å². The van der Waals surface area contributed by atoms with Gasteiger partial charge in [-0.05, 0) is 23.9 Å². The topological polar surface area (TPSA) is 29.3 Å². The van der Waals surface area contributed by atoms with Crippen LogP contribution in [0.2, 0.25) is 0 Å². The Morgan fingerprint density at radius 1 is 1.22 bits per heavy atom. The van der Waals surface area contributed by atoms with Gasteiger partial charge in [0.05, 0.1) is 0 Å². The van der Waals surface area contributed by atoms with Crippen LogP contribution in [0.4, 0.5) is 0 Å². The van der Waals surface area contributed by atoms with Crippen LogP contribution in [0.5, 0.6) is 0 Å². The van der Waals surface area contributed by atoms with Gasteiger partial charge in [-0.2, -0.15) is 0 Å². The number of hydrogen-bond acceptors (Lipinski definition) is 2. The number of benzene rings is 1. The van der Waals surface area contributed by atoms with Gasteiger partial charge in [-0.25, -0.2) is 0 Å². The highest BCUT2D eigenvalue weighted by Crippen LogP contribution is 2.32. The van der Waals surface area contributed by atoms with Crippen molar-refractivity contribution < 1.29 is 0 Å². The Morgan fingerprint density at radius 2 is 1.89 bits per heavy atom. The second-order valence-corrected chi connectivity index (χ2v) is 5.63. The molecule has 0 bridgehead atoms. The van der Waals surface area contributed by atoms with Crippen LogP contribution in [0.15, 0.2) is 30.3 Å². The van der Waals surface area contributed by atoms with Gasteiger partial charge in [0.1, 0.15) is 0 Å². The summed E-state index contributed by atoms with van der Waals surface area (Å²) in [5, 5.41) is 0. The van der Waals surface area contributed by atoms with Crippen molar-refractivity contribution in [2.75, 3.05) is 26.2 Å². The molecule has 0 unspecified atom stereocenters. The third-order valence-electron chi connectivity index (χ3n) is 3.67. The molecule has 0 aromatic heterocycles. The van der Waals surface area contributed by atoms with Gasteiger partial charge in [0.25, 0.3) is 0 Å². The quantitative estimate of drug-likeness (QED) is 0.910. The summed E-state index contributed by atoms with van der Waals surface area (Å²) in [5.74, 6) is 1.99. The van der Waals surface area contributed by atoms with Gasteiger partial charge < -0.3 is 10.6 Å². The molecule has 1 fully saturated rings. The van der Waals surface area contributed by atoms with Crippen LogP contribution in [-0.4, -0.2) is 31.1 Å². The standard InChI is InChI=1S/C15H24N2.ClH/c1-12(2)9-17-10-14(8-16)15(11-17)13-6-4-3-5-7-13;/h3-7,12,14-15H,8-11,16H2,1-2H3;1H/t14-,15+;/m1./s1. The Bertz CT molecular complexity index is 340. The Morgan fingerprint density at radius 3 is 2.44 bits per heavy atom. The lowest BCUT2D eigenvalue weighted by Crippen LogP contribution is -2.26. The average Bonchev–Trinajstić information content (AvgIpc) is 2.72. The fourth-order valence-electron chi connectivity index (χ4n) is 2.94. The first kappa shape index (κ1) is 15.5. The van der Waals surface area contributed by atoms with Gasteiger partial charge in [0.15, 0.2) is 0 Å². The second kappa shape index (κ2) is 7.13. The summed E-state index contributed by atoms with van der Waals surface area (Å²) in [4.78, 5) is 2.57. The first-order chi connectivity index (χ1) is 8.20. The maximum absolute atomic E-state index is 5.93. The van der Waals surface area contributed by atoms with Crippen LogP contribution in [0.3, 0.4) is 0 Å². The van der Waals surface area contributed by atoms with Crippen molar-refractivity contribution in [2.45, 2.75) is 19.8 Å². The van der Waals surface area contributed by atoms with Crippen molar-refractivity contribution in [3.63, 3.8) is 0 Å². The van der Waals surface area contributed by atoms with Crippen molar-refractivity contribution in [1.82, 2.24) is 4.90 Å². The number of likely N-dealkylation sites (tertiary alicyclic amines) is 1. The van der Waals surface area contributed by atoms with E-state index in [0.717, 1.165) is 19.0 Å². The molecule has 2 nitrogen and oxygen atoms in total. The molecule has 0 aliphatic carbocycles. The molecule has 0 amide bonds. The van der Waals surface area contributed by atoms with E-state index in [0.29, 0.717) is 11.8 Å². The molecule has 18 heavy (non-hydrogen) atoms. The molecule has 0 saturated carbocycles. The molecule has 1 aliphatic heterocycles. The van der Waals surface area contributed by atoms with Crippen LogP contribution in [0.25, 0.3) is 0 Å². The highest BCUT2D eigenvalue weighted by Gasteiger charge is 2.32. The molecular formula is C15H25ClN2. The Labute approximate surface area is 117 Å². The molecule has 0 spiro atoms. The van der Waals surface area contributed by atoms with Gasteiger partial charge >= 0.3 is 0 Å². The van der Waals surface area contributed by atoms with Crippen molar-refractivity contribution >= 4 is 12.4 Å². The van der Waals surface area contributed by atoms with Crippen molar-refractivity contribution in [3.05, 3.63) is 35.9 Å². The van der Waals surface area contributed by atoms with E-state index in [1.165, 1.54) is 18.7 Å². The Balaban J connectivity index is 0.00000162. The normalized spacial score (nSPS) is 24.2. The summed E-state index contributed by atoms with van der Waals surface area (Å²) in [5.41, 5.74) is 7.38. The number of rotatable bonds is 4. The van der Waals surface area contributed by atoms with E-state index in [2.05, 4.69) is 49.1 Å². The first-order valence-electron chi connectivity index (χ1n) is 6.68. The van der Waals surface area contributed by atoms with Crippen LogP contribution < -0.4 is 5.73 Å². The zero-order valence-electron chi connectivity index (χ0n) is 11.4. The molecule has 1 saturated heterocycles. The predicted molar refractivity (Wildman–Crippen MR) is 80.3 cm³/mol. The number of nitrogens with zero attached hydrogens (tertiary/aromatic N) is 1. The second-order valence-electron chi connectivity index (χ2n) is 5.63. The van der Waals surface area contributed by atoms with Gasteiger partial charge in [-0.3, -0.25) is 0 Å². The van der Waals surface area contributed by atoms with Crippen LogP contribution in [0, 0.1) is 11.8 Å². The summed E-state index contributed by atoms with van der Waals surface area (Å²) in [7, 11) is 0. The van der Waals surface area contributed by atoms with Gasteiger partial charge in [-0.15, -0.1) is 12.4 Å². The zero-order chi connectivity index (χ0) is 12.3. The lowest BCUT2D eigenvalue weighted by atomic mass is 9.89. The van der Waals surface area contributed by atoms with E-state index < -0.39 is 0 Å². The SMILES string of the molecule is CC(C)CN1C[C@@H](CN)[C@H](c2ccccc2)C1.Cl. The smallest absolute Gasteiger partial charge is 0.00541 e. The van der Waals surface area contributed by atoms with Gasteiger partial charge in [0, 0.05) is 25.6 Å². The highest BCUT2D eigenvalue weighted by molar-refractivity contribution is 5.85. The lowest BCUT2D eigenvalue weighted by Gasteiger charge is -2.18. The molecule has 102 valence electrons. The van der Waals surface area contributed by atoms with Crippen LogP contribution in [0.1, 0.15) is 25.3 Å². The van der Waals surface area contributed by atoms with E-state index in [4.69, 9.17) is 5.73 Å². The molecular weight excluding hydrogens is 244 g/mol. The minimum atomic E-state index is 0. The summed E-state index contributed by atoms with van der Waals surface area (Å²) in [6.07, 6.45) is 0. The molecule has 3 heteroatoms. The Kier molecular flexibility index (Phi) is 6.13. The lowest BCUT2D eigenvalue weighted by molar-refractivity contribution is 0.287. The molecule has 2 rings (SSSR count). The van der Waals surface area contributed by atoms with E-state index >= 15 is 0 Å². The largest absolute Gasteiger partial charge is 0.330 e. The van der Waals surface area contributed by atoms with Gasteiger partial charge in [0.2, 0.25) is 0 Å². The predicted octanol–water partition coefficient (Wildman–Crippen LogP) is 2.74. The van der Waals surface area contributed by atoms with E-state index in [9.17, 15) is 0 Å². The molecule has 1 aromatic carbocycles. The van der Waals surface area contributed by atoms with Crippen molar-refractivity contribution in [3.8, 4) is 0 Å². The number of halogens is 1. The van der Waals surface area contributed by atoms with E-state index in [1.54, 1.807) is 0 Å². The molecule has 1 aromatic rings. The molecule has 0 radical (unpaired) electrons. The van der Waals surface area contributed by atoms with Crippen molar-refractivity contribution in [1.29, 1.82) is 0 Å². The Hall–Kier alpha value is -0.570. The summed E-state index contributed by atoms with van der Waals surface area (Å²) < 4.78 is 0. The van der Waals surface area contributed by atoms with E-state index in [1.807, 2.05) is 0 Å². The maximum atomic E-state index is 5.93. The third kappa shape index (κ3) is 3.71. The summed E-state index contributed by atoms with van der Waals surface area (Å²) >= 11 is 0. The highest BCUT2D eigenvalue weighted by atomic mass is 35.5. The number of nitrogens with two attached hydrogens (primary N) is 1. The third-order valence-corrected chi connectivity index (χ3v) is 3.67. The monoisotopic (exact) mass is 268 g/mol. The molecule has 1 aliphatic rings. The maximum Gasteiger partial charge on any atom is 0.00541 e. The average molecular weight is 269 g/mol. The summed E-state index contributed by atoms with van der Waals surface area (Å²) in [6, 6.07) is 10.8. The van der Waals surface area contributed by atoms with E-state index in [-0.39, 0.29) is 12.4 Å². The minimum Gasteiger partial charge on any atom is -0.330 e. The van der Waals surface area contributed by atoms with Crippen LogP contribution in [-0.2, 0) is 0 Å².